The highest BCUT2D eigenvalue weighted by atomic mass is 32.2. The summed E-state index contributed by atoms with van der Waals surface area (Å²) in [4.78, 5) is 31.0. The lowest BCUT2D eigenvalue weighted by Gasteiger charge is -2.12. The van der Waals surface area contributed by atoms with E-state index in [4.69, 9.17) is 0 Å². The maximum atomic E-state index is 12.9. The molecular weight excluding hydrogens is 386 g/mol. The second-order valence-electron chi connectivity index (χ2n) is 6.59. The van der Waals surface area contributed by atoms with E-state index in [1.807, 2.05) is 55.1 Å². The van der Waals surface area contributed by atoms with Crippen molar-refractivity contribution in [2.75, 3.05) is 6.54 Å². The fraction of sp³-hybridized carbons (Fsp3) is 0.136. The Bertz CT molecular complexity index is 1190. The van der Waals surface area contributed by atoms with Crippen LogP contribution in [-0.2, 0) is 11.8 Å². The van der Waals surface area contributed by atoms with E-state index in [0.29, 0.717) is 22.3 Å². The third kappa shape index (κ3) is 3.45. The quantitative estimate of drug-likeness (QED) is 0.649. The smallest absolute Gasteiger partial charge is 0.337 e. The van der Waals surface area contributed by atoms with E-state index >= 15 is 0 Å². The average molecular weight is 405 g/mol. The van der Waals surface area contributed by atoms with E-state index in [1.165, 1.54) is 17.8 Å². The van der Waals surface area contributed by atoms with Crippen LogP contribution in [0.1, 0.15) is 22.8 Å². The third-order valence-electron chi connectivity index (χ3n) is 4.77. The van der Waals surface area contributed by atoms with Crippen molar-refractivity contribution in [2.45, 2.75) is 6.92 Å². The van der Waals surface area contributed by atoms with Gasteiger partial charge >= 0.3 is 5.97 Å². The van der Waals surface area contributed by atoms with E-state index < -0.39 is 5.97 Å². The molecule has 2 aromatic carbocycles. The molecule has 1 N–H and O–H groups in total. The van der Waals surface area contributed by atoms with Crippen molar-refractivity contribution in [3.8, 4) is 0 Å². The number of likely N-dealkylation sites (N-methyl/N-ethyl adjacent to an activating group) is 1. The van der Waals surface area contributed by atoms with Crippen molar-refractivity contribution in [3.05, 3.63) is 70.8 Å². The molecule has 0 unspecified atom stereocenters. The molecule has 0 spiro atoms. The Labute approximate surface area is 172 Å². The summed E-state index contributed by atoms with van der Waals surface area (Å²) in [6.07, 6.45) is 3.88. The molecule has 0 saturated carbocycles. The van der Waals surface area contributed by atoms with Crippen molar-refractivity contribution >= 4 is 51.5 Å². The van der Waals surface area contributed by atoms with Crippen LogP contribution in [0, 0.1) is 0 Å². The molecule has 7 heteroatoms. The number of hydrogen-bond acceptors (Lipinski definition) is 4. The van der Waals surface area contributed by atoms with Crippen molar-refractivity contribution in [3.63, 3.8) is 0 Å². The second kappa shape index (κ2) is 7.60. The lowest BCUT2D eigenvalue weighted by atomic mass is 10.1. The summed E-state index contributed by atoms with van der Waals surface area (Å²) in [6, 6.07) is 14.6. The highest BCUT2D eigenvalue weighted by Gasteiger charge is 2.32. The van der Waals surface area contributed by atoms with Gasteiger partial charge in [0.1, 0.15) is 0 Å². The molecule has 3 aromatic rings. The predicted octanol–water partition coefficient (Wildman–Crippen LogP) is 4.50. The molecule has 1 aliphatic heterocycles. The van der Waals surface area contributed by atoms with E-state index in [0.717, 1.165) is 16.5 Å². The van der Waals surface area contributed by atoms with Crippen LogP contribution in [0.5, 0.6) is 0 Å². The SMILES string of the molecule is CCN1C(=O)/C(=C/c2cn(C)c3ccccc23)SC1=Nc1ccccc1C(=O)O. The number of fused-ring (bicyclic) bond motifs is 1. The number of aliphatic imine (C=N–C) groups is 1. The number of carboxylic acids is 1. The molecule has 1 saturated heterocycles. The maximum Gasteiger partial charge on any atom is 0.337 e. The number of carbonyl (C=O) groups excluding carboxylic acids is 1. The number of carboxylic acid groups (broad SMARTS) is 1. The van der Waals surface area contributed by atoms with Crippen LogP contribution in [0.15, 0.2) is 64.6 Å². The van der Waals surface area contributed by atoms with Gasteiger partial charge in [-0.15, -0.1) is 0 Å². The van der Waals surface area contributed by atoms with Gasteiger partial charge in [-0.25, -0.2) is 9.79 Å². The highest BCUT2D eigenvalue weighted by molar-refractivity contribution is 8.18. The van der Waals surface area contributed by atoms with Gasteiger partial charge in [-0.2, -0.15) is 0 Å². The Kier molecular flexibility index (Phi) is 4.98. The first-order valence-corrected chi connectivity index (χ1v) is 9.97. The Balaban J connectivity index is 1.76. The number of para-hydroxylation sites is 2. The van der Waals surface area contributed by atoms with Gasteiger partial charge in [0.15, 0.2) is 5.17 Å². The van der Waals surface area contributed by atoms with Crippen molar-refractivity contribution in [2.24, 2.45) is 12.0 Å². The summed E-state index contributed by atoms with van der Waals surface area (Å²) in [5.41, 5.74) is 2.49. The summed E-state index contributed by atoms with van der Waals surface area (Å²) in [5.74, 6) is -1.18. The molecule has 6 nitrogen and oxygen atoms in total. The van der Waals surface area contributed by atoms with Gasteiger partial charge in [-0.1, -0.05) is 30.3 Å². The number of carbonyl (C=O) groups is 2. The number of hydrogen-bond donors (Lipinski definition) is 1. The first-order valence-electron chi connectivity index (χ1n) is 9.16. The number of amides is 1. The molecule has 0 atom stereocenters. The number of rotatable bonds is 4. The number of aromatic nitrogens is 1. The standard InChI is InChI=1S/C22H19N3O3S/c1-3-25-20(26)19(12-14-13-24(2)18-11-7-5-8-15(14)18)29-22(25)23-17-10-6-4-9-16(17)21(27)28/h4-13H,3H2,1-2H3,(H,27,28)/b19-12-,23-22?. The molecule has 2 heterocycles. The lowest BCUT2D eigenvalue weighted by molar-refractivity contribution is -0.122. The molecule has 0 radical (unpaired) electrons. The van der Waals surface area contributed by atoms with Crippen LogP contribution in [0.4, 0.5) is 5.69 Å². The monoisotopic (exact) mass is 405 g/mol. The number of nitrogens with zero attached hydrogens (tertiary/aromatic N) is 3. The summed E-state index contributed by atoms with van der Waals surface area (Å²) in [6.45, 7) is 2.32. The number of thioether (sulfide) groups is 1. The summed E-state index contributed by atoms with van der Waals surface area (Å²) >= 11 is 1.26. The van der Waals surface area contributed by atoms with E-state index in [9.17, 15) is 14.7 Å². The number of aryl methyl sites for hydroxylation is 1. The normalized spacial score (nSPS) is 17.0. The van der Waals surface area contributed by atoms with Crippen molar-refractivity contribution in [1.82, 2.24) is 9.47 Å². The molecule has 146 valence electrons. The van der Waals surface area contributed by atoms with Crippen LogP contribution in [0.3, 0.4) is 0 Å². The Morgan fingerprint density at radius 1 is 1.17 bits per heavy atom. The number of aromatic carboxylic acids is 1. The minimum atomic E-state index is -1.05. The van der Waals surface area contributed by atoms with Gasteiger partial charge in [-0.05, 0) is 43.0 Å². The first-order chi connectivity index (χ1) is 14.0. The Morgan fingerprint density at radius 2 is 1.90 bits per heavy atom. The maximum absolute atomic E-state index is 12.9. The van der Waals surface area contributed by atoms with E-state index in [1.54, 1.807) is 23.1 Å². The second-order valence-corrected chi connectivity index (χ2v) is 7.60. The number of amidine groups is 1. The first kappa shape index (κ1) is 19.0. The van der Waals surface area contributed by atoms with Crippen molar-refractivity contribution < 1.29 is 14.7 Å². The van der Waals surface area contributed by atoms with Gasteiger partial charge < -0.3 is 9.67 Å². The van der Waals surface area contributed by atoms with Gasteiger partial charge in [-0.3, -0.25) is 9.69 Å². The zero-order valence-corrected chi connectivity index (χ0v) is 16.8. The summed E-state index contributed by atoms with van der Waals surface area (Å²) in [7, 11) is 1.97. The van der Waals surface area contributed by atoms with E-state index in [-0.39, 0.29) is 11.5 Å². The van der Waals surface area contributed by atoms with Crippen molar-refractivity contribution in [1.29, 1.82) is 0 Å². The highest BCUT2D eigenvalue weighted by Crippen LogP contribution is 2.36. The summed E-state index contributed by atoms with van der Waals surface area (Å²) < 4.78 is 2.03. The molecule has 29 heavy (non-hydrogen) atoms. The van der Waals surface area contributed by atoms with Crippen LogP contribution >= 0.6 is 11.8 Å². The molecule has 1 fully saturated rings. The Morgan fingerprint density at radius 3 is 2.66 bits per heavy atom. The minimum Gasteiger partial charge on any atom is -0.478 e. The zero-order valence-electron chi connectivity index (χ0n) is 16.0. The fourth-order valence-electron chi connectivity index (χ4n) is 3.35. The summed E-state index contributed by atoms with van der Waals surface area (Å²) in [5, 5.41) is 10.9. The van der Waals surface area contributed by atoms with Gasteiger partial charge in [0.2, 0.25) is 0 Å². The van der Waals surface area contributed by atoms with Crippen LogP contribution < -0.4 is 0 Å². The van der Waals surface area contributed by atoms with Gasteiger partial charge in [0, 0.05) is 36.3 Å². The fourth-order valence-corrected chi connectivity index (χ4v) is 4.40. The van der Waals surface area contributed by atoms with Crippen LogP contribution in [0.2, 0.25) is 0 Å². The topological polar surface area (TPSA) is 74.9 Å². The van der Waals surface area contributed by atoms with Crippen LogP contribution in [0.25, 0.3) is 17.0 Å². The molecule has 1 aromatic heterocycles. The zero-order chi connectivity index (χ0) is 20.5. The van der Waals surface area contributed by atoms with E-state index in [2.05, 4.69) is 4.99 Å². The molecule has 0 bridgehead atoms. The molecule has 4 rings (SSSR count). The molecular formula is C22H19N3O3S. The number of benzene rings is 2. The largest absolute Gasteiger partial charge is 0.478 e. The molecule has 0 aliphatic carbocycles. The predicted molar refractivity (Wildman–Crippen MR) is 116 cm³/mol. The average Bonchev–Trinajstić information content (AvgIpc) is 3.19. The lowest BCUT2D eigenvalue weighted by Crippen LogP contribution is -2.28. The molecule has 1 amide bonds. The Hall–Kier alpha value is -3.32. The van der Waals surface area contributed by atoms with Gasteiger partial charge in [0.25, 0.3) is 5.91 Å². The van der Waals surface area contributed by atoms with Gasteiger partial charge in [0.05, 0.1) is 16.2 Å². The minimum absolute atomic E-state index is 0.107. The molecule has 1 aliphatic rings. The van der Waals surface area contributed by atoms with Crippen LogP contribution in [-0.4, -0.2) is 38.2 Å². The third-order valence-corrected chi connectivity index (χ3v) is 5.78.